The molecule has 0 radical (unpaired) electrons. The zero-order valence-electron chi connectivity index (χ0n) is 10.2. The van der Waals surface area contributed by atoms with Crippen LogP contribution in [0.4, 0.5) is 0 Å². The quantitative estimate of drug-likeness (QED) is 0.905. The summed E-state index contributed by atoms with van der Waals surface area (Å²) in [5, 5.41) is 1.18. The second-order valence-electron chi connectivity index (χ2n) is 4.61. The van der Waals surface area contributed by atoms with Crippen molar-refractivity contribution >= 4 is 23.2 Å². The van der Waals surface area contributed by atoms with Gasteiger partial charge in [0, 0.05) is 18.1 Å². The monoisotopic (exact) mass is 288 g/mol. The average Bonchev–Trinajstić information content (AvgIpc) is 2.80. The Hall–Kier alpha value is -0.480. The van der Waals surface area contributed by atoms with Crippen LogP contribution in [0.2, 0.25) is 10.0 Å². The van der Waals surface area contributed by atoms with Crippen molar-refractivity contribution in [3.05, 3.63) is 28.2 Å². The topological polar surface area (TPSA) is 38.5 Å². The maximum absolute atomic E-state index is 6.03. The summed E-state index contributed by atoms with van der Waals surface area (Å²) in [5.41, 5.74) is 5.66. The first-order valence-electron chi connectivity index (χ1n) is 6.19. The number of nitrogens with two attached hydrogens (primary N) is 1. The molecule has 2 rings (SSSR count). The van der Waals surface area contributed by atoms with Gasteiger partial charge in [-0.15, -0.1) is 0 Å². The third-order valence-electron chi connectivity index (χ3n) is 3.26. The lowest BCUT2D eigenvalue weighted by atomic mass is 10.1. The Morgan fingerprint density at radius 3 is 2.89 bits per heavy atom. The molecule has 0 saturated carbocycles. The highest BCUT2D eigenvalue weighted by Crippen LogP contribution is 2.27. The first kappa shape index (κ1) is 13.9. The van der Waals surface area contributed by atoms with E-state index in [1.54, 1.807) is 18.2 Å². The Balaban J connectivity index is 1.75. The summed E-state index contributed by atoms with van der Waals surface area (Å²) >= 11 is 11.9. The van der Waals surface area contributed by atoms with Crippen LogP contribution in [0.1, 0.15) is 6.42 Å². The predicted molar refractivity (Wildman–Crippen MR) is 75.6 cm³/mol. The van der Waals surface area contributed by atoms with Gasteiger partial charge in [0.25, 0.3) is 0 Å². The van der Waals surface area contributed by atoms with Gasteiger partial charge in [0.05, 0.1) is 5.02 Å². The molecule has 0 spiro atoms. The third kappa shape index (κ3) is 3.75. The van der Waals surface area contributed by atoms with Crippen LogP contribution in [-0.2, 0) is 0 Å². The van der Waals surface area contributed by atoms with Gasteiger partial charge in [-0.05, 0) is 43.6 Å². The van der Waals surface area contributed by atoms with E-state index in [1.807, 2.05) is 0 Å². The molecular weight excluding hydrogens is 271 g/mol. The fourth-order valence-corrected chi connectivity index (χ4v) is 2.65. The van der Waals surface area contributed by atoms with Crippen molar-refractivity contribution in [1.29, 1.82) is 0 Å². The highest BCUT2D eigenvalue weighted by atomic mass is 35.5. The van der Waals surface area contributed by atoms with Crippen LogP contribution in [0.3, 0.4) is 0 Å². The molecule has 100 valence electrons. The van der Waals surface area contributed by atoms with E-state index in [0.29, 0.717) is 28.3 Å². The maximum atomic E-state index is 6.03. The molecule has 1 aromatic rings. The highest BCUT2D eigenvalue weighted by molar-refractivity contribution is 6.35. The van der Waals surface area contributed by atoms with Gasteiger partial charge in [-0.2, -0.15) is 0 Å². The minimum absolute atomic E-state index is 0.559. The molecule has 18 heavy (non-hydrogen) atoms. The van der Waals surface area contributed by atoms with E-state index in [9.17, 15) is 0 Å². The second-order valence-corrected chi connectivity index (χ2v) is 5.46. The van der Waals surface area contributed by atoms with Crippen molar-refractivity contribution in [2.45, 2.75) is 6.42 Å². The molecule has 2 N–H and O–H groups in total. The molecule has 1 unspecified atom stereocenters. The number of benzene rings is 1. The Labute approximate surface area is 118 Å². The van der Waals surface area contributed by atoms with Crippen LogP contribution in [0, 0.1) is 5.92 Å². The number of rotatable bonds is 5. The molecule has 1 aliphatic rings. The van der Waals surface area contributed by atoms with Gasteiger partial charge >= 0.3 is 0 Å². The molecule has 0 aliphatic carbocycles. The van der Waals surface area contributed by atoms with Crippen molar-refractivity contribution in [2.24, 2.45) is 11.7 Å². The van der Waals surface area contributed by atoms with E-state index in [2.05, 4.69) is 4.90 Å². The third-order valence-corrected chi connectivity index (χ3v) is 3.79. The summed E-state index contributed by atoms with van der Waals surface area (Å²) in [4.78, 5) is 2.38. The Bertz CT molecular complexity index is 401. The van der Waals surface area contributed by atoms with Crippen LogP contribution < -0.4 is 10.5 Å². The standard InChI is InChI=1S/C13H18Cl2N2O/c14-11-1-2-13(12(15)7-11)18-6-5-17-4-3-10(8-16)9-17/h1-2,7,10H,3-6,8-9,16H2. The summed E-state index contributed by atoms with van der Waals surface area (Å²) in [7, 11) is 0. The van der Waals surface area contributed by atoms with E-state index in [0.717, 1.165) is 26.2 Å². The van der Waals surface area contributed by atoms with Crippen molar-refractivity contribution in [1.82, 2.24) is 4.90 Å². The van der Waals surface area contributed by atoms with Crippen LogP contribution >= 0.6 is 23.2 Å². The zero-order chi connectivity index (χ0) is 13.0. The first-order valence-corrected chi connectivity index (χ1v) is 6.95. The number of likely N-dealkylation sites (tertiary alicyclic amines) is 1. The maximum Gasteiger partial charge on any atom is 0.138 e. The number of halogens is 2. The molecular formula is C13H18Cl2N2O. The Kier molecular flexibility index (Phi) is 5.13. The minimum Gasteiger partial charge on any atom is -0.491 e. The number of hydrogen-bond donors (Lipinski definition) is 1. The van der Waals surface area contributed by atoms with E-state index in [1.165, 1.54) is 6.42 Å². The van der Waals surface area contributed by atoms with Gasteiger partial charge in [0.1, 0.15) is 12.4 Å². The molecule has 1 atom stereocenters. The summed E-state index contributed by atoms with van der Waals surface area (Å²) in [5.74, 6) is 1.33. The lowest BCUT2D eigenvalue weighted by Crippen LogP contribution is -2.27. The normalized spacial score (nSPS) is 20.3. The summed E-state index contributed by atoms with van der Waals surface area (Å²) in [6.45, 7) is 4.52. The van der Waals surface area contributed by atoms with Crippen molar-refractivity contribution in [3.8, 4) is 5.75 Å². The average molecular weight is 289 g/mol. The molecule has 1 saturated heterocycles. The molecule has 0 aromatic heterocycles. The predicted octanol–water partition coefficient (Wildman–Crippen LogP) is 2.65. The Morgan fingerprint density at radius 1 is 1.39 bits per heavy atom. The second kappa shape index (κ2) is 6.62. The van der Waals surface area contributed by atoms with Crippen LogP contribution in [0.15, 0.2) is 18.2 Å². The molecule has 0 bridgehead atoms. The molecule has 3 nitrogen and oxygen atoms in total. The summed E-state index contributed by atoms with van der Waals surface area (Å²) < 4.78 is 5.66. The largest absolute Gasteiger partial charge is 0.491 e. The van der Waals surface area contributed by atoms with Crippen LogP contribution in [0.25, 0.3) is 0 Å². The van der Waals surface area contributed by atoms with E-state index >= 15 is 0 Å². The highest BCUT2D eigenvalue weighted by Gasteiger charge is 2.20. The minimum atomic E-state index is 0.559. The van der Waals surface area contributed by atoms with Gasteiger partial charge in [-0.3, -0.25) is 4.90 Å². The molecule has 1 aliphatic heterocycles. The van der Waals surface area contributed by atoms with E-state index in [-0.39, 0.29) is 0 Å². The lowest BCUT2D eigenvalue weighted by molar-refractivity contribution is 0.233. The number of hydrogen-bond acceptors (Lipinski definition) is 3. The molecule has 5 heteroatoms. The first-order chi connectivity index (χ1) is 8.69. The van der Waals surface area contributed by atoms with Crippen molar-refractivity contribution in [2.75, 3.05) is 32.8 Å². The number of ether oxygens (including phenoxy) is 1. The molecule has 1 heterocycles. The summed E-state index contributed by atoms with van der Waals surface area (Å²) in [6, 6.07) is 5.28. The lowest BCUT2D eigenvalue weighted by Gasteiger charge is -2.16. The summed E-state index contributed by atoms with van der Waals surface area (Å²) in [6.07, 6.45) is 1.19. The Morgan fingerprint density at radius 2 is 2.22 bits per heavy atom. The van der Waals surface area contributed by atoms with Gasteiger partial charge in [0.2, 0.25) is 0 Å². The SMILES string of the molecule is NCC1CCN(CCOc2ccc(Cl)cc2Cl)C1. The molecule has 1 fully saturated rings. The molecule has 0 amide bonds. The van der Waals surface area contributed by atoms with Crippen molar-refractivity contribution in [3.63, 3.8) is 0 Å². The smallest absolute Gasteiger partial charge is 0.138 e. The van der Waals surface area contributed by atoms with Crippen molar-refractivity contribution < 1.29 is 4.74 Å². The fourth-order valence-electron chi connectivity index (χ4n) is 2.19. The van der Waals surface area contributed by atoms with Gasteiger partial charge in [-0.25, -0.2) is 0 Å². The van der Waals surface area contributed by atoms with Gasteiger partial charge in [-0.1, -0.05) is 23.2 Å². The zero-order valence-corrected chi connectivity index (χ0v) is 11.8. The molecule has 1 aromatic carbocycles. The van der Waals surface area contributed by atoms with Crippen LogP contribution in [0.5, 0.6) is 5.75 Å². The fraction of sp³-hybridized carbons (Fsp3) is 0.538. The van der Waals surface area contributed by atoms with E-state index < -0.39 is 0 Å². The van der Waals surface area contributed by atoms with Gasteiger partial charge < -0.3 is 10.5 Å². The van der Waals surface area contributed by atoms with Crippen LogP contribution in [-0.4, -0.2) is 37.7 Å². The van der Waals surface area contributed by atoms with Gasteiger partial charge in [0.15, 0.2) is 0 Å². The number of nitrogens with zero attached hydrogens (tertiary/aromatic N) is 1. The van der Waals surface area contributed by atoms with E-state index in [4.69, 9.17) is 33.7 Å².